The highest BCUT2D eigenvalue weighted by Crippen LogP contribution is 2.42. The number of imidazole rings is 1. The summed E-state index contributed by atoms with van der Waals surface area (Å²) < 4.78 is 12.5. The number of nitrogens with one attached hydrogen (secondary N) is 1. The molecule has 5 rings (SSSR count). The van der Waals surface area contributed by atoms with Gasteiger partial charge in [0, 0.05) is 17.3 Å². The number of methoxy groups -OCH3 is 1. The van der Waals surface area contributed by atoms with Crippen LogP contribution in [-0.4, -0.2) is 34.2 Å². The number of hydrogen-bond acceptors (Lipinski definition) is 5. The highest BCUT2D eigenvalue weighted by Gasteiger charge is 2.41. The van der Waals surface area contributed by atoms with E-state index < -0.39 is 23.2 Å². The number of benzene rings is 2. The Morgan fingerprint density at radius 3 is 2.26 bits per heavy atom. The molecule has 7 heteroatoms. The molecule has 1 N–H and O–H groups in total. The van der Waals surface area contributed by atoms with Crippen LogP contribution >= 0.6 is 0 Å². The number of ether oxygens (including phenoxy) is 2. The quantitative estimate of drug-likeness (QED) is 0.303. The number of esters is 1. The summed E-state index contributed by atoms with van der Waals surface area (Å²) in [5, 5.41) is 3.13. The van der Waals surface area contributed by atoms with Crippen LogP contribution in [0.4, 0.5) is 4.79 Å². The standard InChI is InChI=1S/C31H33N3O4/c1-20-18-23(28(35)37-5)19-34-26(22-10-7-6-8-11-22)25(32-27(20)34)21-12-14-24(15-13-21)31(16-9-17-31)33-29(36)38-30(2,3)4/h6-8,10-15,18-19H,9,16-17H2,1-5H3,(H,33,36). The fourth-order valence-electron chi connectivity index (χ4n) is 5.08. The summed E-state index contributed by atoms with van der Waals surface area (Å²) in [4.78, 5) is 30.0. The monoisotopic (exact) mass is 511 g/mol. The maximum absolute atomic E-state index is 12.6. The van der Waals surface area contributed by atoms with Gasteiger partial charge >= 0.3 is 12.1 Å². The number of alkyl carbamates (subject to hydrolysis) is 1. The number of aryl methyl sites for hydroxylation is 1. The number of aromatic nitrogens is 2. The Bertz CT molecular complexity index is 1490. The first-order valence-electron chi connectivity index (χ1n) is 12.9. The Labute approximate surface area is 222 Å². The summed E-state index contributed by atoms with van der Waals surface area (Å²) in [5.41, 5.74) is 5.84. The van der Waals surface area contributed by atoms with Gasteiger partial charge in [0.05, 0.1) is 29.6 Å². The van der Waals surface area contributed by atoms with Gasteiger partial charge in [-0.1, -0.05) is 54.6 Å². The third kappa shape index (κ3) is 4.76. The summed E-state index contributed by atoms with van der Waals surface area (Å²) in [5.74, 6) is -0.392. The Balaban J connectivity index is 1.57. The molecule has 0 radical (unpaired) electrons. The molecule has 2 heterocycles. The normalized spacial score (nSPS) is 14.6. The lowest BCUT2D eigenvalue weighted by molar-refractivity contribution is 0.0377. The molecule has 0 bridgehead atoms. The maximum atomic E-state index is 12.6. The van der Waals surface area contributed by atoms with Crippen LogP contribution in [0.2, 0.25) is 0 Å². The molecule has 0 unspecified atom stereocenters. The number of carbonyl (C=O) groups excluding carboxylic acids is 2. The molecule has 1 aliphatic rings. The first-order valence-corrected chi connectivity index (χ1v) is 12.9. The van der Waals surface area contributed by atoms with Crippen LogP contribution in [0.15, 0.2) is 66.9 Å². The molecule has 0 saturated heterocycles. The molecule has 4 aromatic rings. The zero-order chi connectivity index (χ0) is 27.1. The van der Waals surface area contributed by atoms with Crippen LogP contribution in [0.1, 0.15) is 61.5 Å². The number of hydrogen-bond donors (Lipinski definition) is 1. The third-order valence-corrected chi connectivity index (χ3v) is 7.03. The summed E-state index contributed by atoms with van der Waals surface area (Å²) in [6, 6.07) is 20.1. The van der Waals surface area contributed by atoms with Crippen molar-refractivity contribution in [2.45, 2.75) is 58.1 Å². The Kier molecular flexibility index (Phi) is 6.47. The molecule has 1 aliphatic carbocycles. The van der Waals surface area contributed by atoms with Crippen molar-refractivity contribution >= 4 is 17.7 Å². The van der Waals surface area contributed by atoms with Crippen LogP contribution in [0.5, 0.6) is 0 Å². The van der Waals surface area contributed by atoms with Gasteiger partial charge in [-0.2, -0.15) is 0 Å². The van der Waals surface area contributed by atoms with Crippen molar-refractivity contribution in [3.05, 3.63) is 83.6 Å². The second-order valence-electron chi connectivity index (χ2n) is 10.9. The average molecular weight is 512 g/mol. The van der Waals surface area contributed by atoms with E-state index >= 15 is 0 Å². The van der Waals surface area contributed by atoms with E-state index in [0.717, 1.165) is 58.6 Å². The van der Waals surface area contributed by atoms with Crippen molar-refractivity contribution < 1.29 is 19.1 Å². The van der Waals surface area contributed by atoms with E-state index in [1.165, 1.54) is 7.11 Å². The second-order valence-corrected chi connectivity index (χ2v) is 10.9. The van der Waals surface area contributed by atoms with E-state index in [2.05, 4.69) is 29.6 Å². The molecule has 38 heavy (non-hydrogen) atoms. The number of nitrogens with zero attached hydrogens (tertiary/aromatic N) is 2. The van der Waals surface area contributed by atoms with E-state index in [1.807, 2.05) is 62.4 Å². The van der Waals surface area contributed by atoms with Gasteiger partial charge < -0.3 is 14.8 Å². The summed E-state index contributed by atoms with van der Waals surface area (Å²) in [7, 11) is 1.38. The third-order valence-electron chi connectivity index (χ3n) is 7.03. The first kappa shape index (κ1) is 25.5. The number of carbonyl (C=O) groups is 2. The van der Waals surface area contributed by atoms with Crippen LogP contribution in [-0.2, 0) is 15.0 Å². The zero-order valence-corrected chi connectivity index (χ0v) is 22.5. The molecule has 2 aromatic heterocycles. The van der Waals surface area contributed by atoms with Crippen molar-refractivity contribution in [2.24, 2.45) is 0 Å². The minimum atomic E-state index is -0.554. The molecule has 1 amide bonds. The summed E-state index contributed by atoms with van der Waals surface area (Å²) in [6.07, 6.45) is 4.17. The molecular weight excluding hydrogens is 478 g/mol. The molecule has 0 spiro atoms. The molecule has 1 fully saturated rings. The first-order chi connectivity index (χ1) is 18.1. The molecule has 0 aliphatic heterocycles. The number of rotatable bonds is 5. The molecule has 0 atom stereocenters. The van der Waals surface area contributed by atoms with Crippen LogP contribution < -0.4 is 5.32 Å². The minimum absolute atomic E-state index is 0.392. The van der Waals surface area contributed by atoms with Crippen molar-refractivity contribution in [2.75, 3.05) is 7.11 Å². The van der Waals surface area contributed by atoms with Gasteiger partial charge in [-0.3, -0.25) is 4.40 Å². The van der Waals surface area contributed by atoms with Crippen molar-refractivity contribution in [1.29, 1.82) is 0 Å². The van der Waals surface area contributed by atoms with E-state index in [9.17, 15) is 9.59 Å². The zero-order valence-electron chi connectivity index (χ0n) is 22.5. The number of pyridine rings is 1. The van der Waals surface area contributed by atoms with Gasteiger partial charge in [0.1, 0.15) is 11.2 Å². The van der Waals surface area contributed by atoms with Gasteiger partial charge in [0.2, 0.25) is 0 Å². The Hall–Kier alpha value is -4.13. The van der Waals surface area contributed by atoms with Crippen molar-refractivity contribution in [3.63, 3.8) is 0 Å². The van der Waals surface area contributed by atoms with E-state index in [1.54, 1.807) is 12.3 Å². The van der Waals surface area contributed by atoms with Gasteiger partial charge in [-0.15, -0.1) is 0 Å². The second kappa shape index (κ2) is 9.63. The van der Waals surface area contributed by atoms with E-state index in [-0.39, 0.29) is 0 Å². The average Bonchev–Trinajstić information content (AvgIpc) is 3.25. The van der Waals surface area contributed by atoms with Crippen LogP contribution in [0.3, 0.4) is 0 Å². The lowest BCUT2D eigenvalue weighted by Gasteiger charge is -2.43. The Morgan fingerprint density at radius 2 is 1.68 bits per heavy atom. The van der Waals surface area contributed by atoms with Crippen LogP contribution in [0, 0.1) is 6.92 Å². The van der Waals surface area contributed by atoms with Crippen molar-refractivity contribution in [1.82, 2.24) is 14.7 Å². The largest absolute Gasteiger partial charge is 0.465 e. The fourth-order valence-corrected chi connectivity index (χ4v) is 5.08. The van der Waals surface area contributed by atoms with Gasteiger partial charge in [0.25, 0.3) is 0 Å². The topological polar surface area (TPSA) is 81.9 Å². The van der Waals surface area contributed by atoms with Gasteiger partial charge in [-0.25, -0.2) is 14.6 Å². The fraction of sp³-hybridized carbons (Fsp3) is 0.323. The smallest absolute Gasteiger partial charge is 0.408 e. The molecule has 1 saturated carbocycles. The number of fused-ring (bicyclic) bond motifs is 1. The summed E-state index contributed by atoms with van der Waals surface area (Å²) in [6.45, 7) is 7.54. The molecular formula is C31H33N3O4. The molecule has 7 nitrogen and oxygen atoms in total. The Morgan fingerprint density at radius 1 is 1.00 bits per heavy atom. The predicted molar refractivity (Wildman–Crippen MR) is 147 cm³/mol. The van der Waals surface area contributed by atoms with Crippen LogP contribution in [0.25, 0.3) is 28.2 Å². The summed E-state index contributed by atoms with van der Waals surface area (Å²) >= 11 is 0. The van der Waals surface area contributed by atoms with Gasteiger partial charge in [0.15, 0.2) is 0 Å². The highest BCUT2D eigenvalue weighted by atomic mass is 16.6. The maximum Gasteiger partial charge on any atom is 0.408 e. The van der Waals surface area contributed by atoms with E-state index in [0.29, 0.717) is 5.56 Å². The minimum Gasteiger partial charge on any atom is -0.465 e. The van der Waals surface area contributed by atoms with Gasteiger partial charge in [-0.05, 0) is 64.2 Å². The lowest BCUT2D eigenvalue weighted by atomic mass is 9.71. The SMILES string of the molecule is COC(=O)c1cc(C)c2nc(-c3ccc(C4(NC(=O)OC(C)(C)C)CCC4)cc3)c(-c3ccccc3)n2c1. The predicted octanol–water partition coefficient (Wildman–Crippen LogP) is 6.67. The van der Waals surface area contributed by atoms with E-state index in [4.69, 9.17) is 14.5 Å². The number of amides is 1. The molecule has 2 aromatic carbocycles. The lowest BCUT2D eigenvalue weighted by Crippen LogP contribution is -2.52. The van der Waals surface area contributed by atoms with Crippen molar-refractivity contribution in [3.8, 4) is 22.5 Å². The highest BCUT2D eigenvalue weighted by molar-refractivity contribution is 5.91. The molecule has 196 valence electrons.